The Morgan fingerprint density at radius 3 is 2.71 bits per heavy atom. The highest BCUT2D eigenvalue weighted by Crippen LogP contribution is 2.25. The largest absolute Gasteiger partial charge is 0.459 e. The number of nitrogen functional groups attached to an aromatic ring is 1. The zero-order valence-corrected chi connectivity index (χ0v) is 9.76. The zero-order chi connectivity index (χ0) is 12.1. The Labute approximate surface area is 100 Å². The van der Waals surface area contributed by atoms with Crippen LogP contribution in [0.4, 0.5) is 5.82 Å². The summed E-state index contributed by atoms with van der Waals surface area (Å²) < 4.78 is 5.23. The third-order valence-electron chi connectivity index (χ3n) is 3.10. The second kappa shape index (κ2) is 5.61. The van der Waals surface area contributed by atoms with Crippen LogP contribution in [-0.4, -0.2) is 15.9 Å². The van der Waals surface area contributed by atoms with E-state index in [1.807, 2.05) is 0 Å². The summed E-state index contributed by atoms with van der Waals surface area (Å²) in [5.74, 6) is 0.250. The normalized spacial score (nSPS) is 16.7. The van der Waals surface area contributed by atoms with Crippen molar-refractivity contribution in [2.24, 2.45) is 5.92 Å². The molecule has 1 aromatic rings. The van der Waals surface area contributed by atoms with E-state index in [2.05, 4.69) is 9.97 Å². The highest BCUT2D eigenvalue weighted by atomic mass is 16.5. The number of rotatable bonds is 3. The number of esters is 1. The molecule has 0 aromatic carbocycles. The molecule has 1 heterocycles. The minimum absolute atomic E-state index is 0.0571. The van der Waals surface area contributed by atoms with Crippen LogP contribution in [0.2, 0.25) is 0 Å². The molecule has 0 aliphatic heterocycles. The summed E-state index contributed by atoms with van der Waals surface area (Å²) in [6.45, 7) is 0.120. The molecule has 1 saturated carbocycles. The van der Waals surface area contributed by atoms with Gasteiger partial charge in [-0.05, 0) is 12.8 Å². The summed E-state index contributed by atoms with van der Waals surface area (Å²) in [5.41, 5.74) is 6.15. The molecule has 0 bridgehead atoms. The van der Waals surface area contributed by atoms with E-state index in [0.29, 0.717) is 11.5 Å². The predicted molar refractivity (Wildman–Crippen MR) is 62.8 cm³/mol. The zero-order valence-electron chi connectivity index (χ0n) is 9.76. The van der Waals surface area contributed by atoms with Crippen LogP contribution < -0.4 is 5.73 Å². The highest BCUT2D eigenvalue weighted by Gasteiger charge is 2.22. The molecule has 0 unspecified atom stereocenters. The van der Waals surface area contributed by atoms with E-state index in [4.69, 9.17) is 10.5 Å². The Morgan fingerprint density at radius 1 is 1.29 bits per heavy atom. The molecule has 5 heteroatoms. The van der Waals surface area contributed by atoms with Gasteiger partial charge in [-0.25, -0.2) is 4.98 Å². The molecule has 2 rings (SSSR count). The molecule has 1 aliphatic carbocycles. The number of hydrogen-bond donors (Lipinski definition) is 1. The lowest BCUT2D eigenvalue weighted by atomic mass is 9.89. The van der Waals surface area contributed by atoms with Crippen LogP contribution in [0.3, 0.4) is 0 Å². The van der Waals surface area contributed by atoms with Crippen molar-refractivity contribution in [2.75, 3.05) is 5.73 Å². The van der Waals surface area contributed by atoms with Crippen molar-refractivity contribution >= 4 is 11.8 Å². The Bertz CT molecular complexity index is 389. The Hall–Kier alpha value is -1.65. The van der Waals surface area contributed by atoms with Gasteiger partial charge in [-0.1, -0.05) is 19.3 Å². The predicted octanol–water partition coefficient (Wildman–Crippen LogP) is 1.68. The second-order valence-corrected chi connectivity index (χ2v) is 4.33. The first-order valence-corrected chi connectivity index (χ1v) is 5.99. The topological polar surface area (TPSA) is 78.1 Å². The van der Waals surface area contributed by atoms with Crippen molar-refractivity contribution in [3.05, 3.63) is 18.1 Å². The average Bonchev–Trinajstić information content (AvgIpc) is 2.38. The monoisotopic (exact) mass is 235 g/mol. The van der Waals surface area contributed by atoms with Gasteiger partial charge in [0.2, 0.25) is 0 Å². The lowest BCUT2D eigenvalue weighted by Gasteiger charge is -2.19. The molecule has 2 N–H and O–H groups in total. The standard InChI is InChI=1S/C12H17N3O2/c13-11-10(14-6-7-15-11)8-17-12(16)9-4-2-1-3-5-9/h6-7,9H,1-5,8H2,(H2,13,15). The minimum atomic E-state index is -0.130. The van der Waals surface area contributed by atoms with Gasteiger partial charge in [-0.2, -0.15) is 0 Å². The van der Waals surface area contributed by atoms with Gasteiger partial charge in [-0.15, -0.1) is 0 Å². The van der Waals surface area contributed by atoms with E-state index in [1.54, 1.807) is 6.20 Å². The number of carbonyl (C=O) groups is 1. The van der Waals surface area contributed by atoms with Crippen LogP contribution in [0.15, 0.2) is 12.4 Å². The van der Waals surface area contributed by atoms with E-state index in [9.17, 15) is 4.79 Å². The van der Waals surface area contributed by atoms with Crippen molar-refractivity contribution in [2.45, 2.75) is 38.7 Å². The SMILES string of the molecule is Nc1nccnc1COC(=O)C1CCCCC1. The maximum atomic E-state index is 11.8. The summed E-state index contributed by atoms with van der Waals surface area (Å²) in [5, 5.41) is 0. The molecule has 0 amide bonds. The first-order chi connectivity index (χ1) is 8.27. The number of nitrogens with two attached hydrogens (primary N) is 1. The Kier molecular flexibility index (Phi) is 3.90. The molecule has 5 nitrogen and oxygen atoms in total. The third-order valence-corrected chi connectivity index (χ3v) is 3.10. The number of nitrogens with zero attached hydrogens (tertiary/aromatic N) is 2. The molecule has 1 fully saturated rings. The number of hydrogen-bond acceptors (Lipinski definition) is 5. The van der Waals surface area contributed by atoms with Crippen molar-refractivity contribution < 1.29 is 9.53 Å². The third kappa shape index (κ3) is 3.15. The van der Waals surface area contributed by atoms with Gasteiger partial charge in [0, 0.05) is 12.4 Å². The van der Waals surface area contributed by atoms with Gasteiger partial charge >= 0.3 is 5.97 Å². The molecule has 17 heavy (non-hydrogen) atoms. The van der Waals surface area contributed by atoms with Crippen LogP contribution in [0.1, 0.15) is 37.8 Å². The first kappa shape index (κ1) is 11.8. The van der Waals surface area contributed by atoms with Gasteiger partial charge in [0.1, 0.15) is 18.1 Å². The molecule has 92 valence electrons. The smallest absolute Gasteiger partial charge is 0.309 e. The fourth-order valence-corrected chi connectivity index (χ4v) is 2.08. The van der Waals surface area contributed by atoms with Crippen molar-refractivity contribution in [3.63, 3.8) is 0 Å². The van der Waals surface area contributed by atoms with Crippen LogP contribution >= 0.6 is 0 Å². The molecular formula is C12H17N3O2. The molecular weight excluding hydrogens is 218 g/mol. The number of carbonyl (C=O) groups excluding carboxylic acids is 1. The highest BCUT2D eigenvalue weighted by molar-refractivity contribution is 5.72. The summed E-state index contributed by atoms with van der Waals surface area (Å²) in [7, 11) is 0. The fourth-order valence-electron chi connectivity index (χ4n) is 2.08. The summed E-state index contributed by atoms with van der Waals surface area (Å²) in [6.07, 6.45) is 8.40. The molecule has 0 radical (unpaired) electrons. The van der Waals surface area contributed by atoms with E-state index in [1.165, 1.54) is 12.6 Å². The fraction of sp³-hybridized carbons (Fsp3) is 0.583. The molecule has 0 atom stereocenters. The lowest BCUT2D eigenvalue weighted by Crippen LogP contribution is -2.20. The minimum Gasteiger partial charge on any atom is -0.459 e. The van der Waals surface area contributed by atoms with Crippen LogP contribution in [0, 0.1) is 5.92 Å². The van der Waals surface area contributed by atoms with Crippen LogP contribution in [0.5, 0.6) is 0 Å². The van der Waals surface area contributed by atoms with Crippen LogP contribution in [0.25, 0.3) is 0 Å². The van der Waals surface area contributed by atoms with Crippen molar-refractivity contribution in [1.29, 1.82) is 0 Å². The van der Waals surface area contributed by atoms with Gasteiger partial charge in [0.05, 0.1) is 5.92 Å². The van der Waals surface area contributed by atoms with Gasteiger partial charge in [0.25, 0.3) is 0 Å². The molecule has 1 aromatic heterocycles. The Balaban J connectivity index is 1.85. The van der Waals surface area contributed by atoms with E-state index in [-0.39, 0.29) is 18.5 Å². The second-order valence-electron chi connectivity index (χ2n) is 4.33. The van der Waals surface area contributed by atoms with Crippen LogP contribution in [-0.2, 0) is 16.1 Å². The average molecular weight is 235 g/mol. The van der Waals surface area contributed by atoms with Crippen molar-refractivity contribution in [3.8, 4) is 0 Å². The van der Waals surface area contributed by atoms with E-state index in [0.717, 1.165) is 25.7 Å². The maximum Gasteiger partial charge on any atom is 0.309 e. The number of anilines is 1. The number of aromatic nitrogens is 2. The van der Waals surface area contributed by atoms with Crippen molar-refractivity contribution in [1.82, 2.24) is 9.97 Å². The van der Waals surface area contributed by atoms with Gasteiger partial charge in [0.15, 0.2) is 0 Å². The molecule has 0 saturated heterocycles. The molecule has 0 spiro atoms. The van der Waals surface area contributed by atoms with E-state index >= 15 is 0 Å². The quantitative estimate of drug-likeness (QED) is 0.806. The number of ether oxygens (including phenoxy) is 1. The summed E-state index contributed by atoms with van der Waals surface area (Å²) in [6, 6.07) is 0. The maximum absolute atomic E-state index is 11.8. The van der Waals surface area contributed by atoms with Gasteiger partial charge < -0.3 is 10.5 Å². The lowest BCUT2D eigenvalue weighted by molar-refractivity contribution is -0.151. The Morgan fingerprint density at radius 2 is 2.00 bits per heavy atom. The van der Waals surface area contributed by atoms with Gasteiger partial charge in [-0.3, -0.25) is 9.78 Å². The van der Waals surface area contributed by atoms with E-state index < -0.39 is 0 Å². The molecule has 1 aliphatic rings. The summed E-state index contributed by atoms with van der Waals surface area (Å²) in [4.78, 5) is 19.7. The first-order valence-electron chi connectivity index (χ1n) is 5.99. The summed E-state index contributed by atoms with van der Waals surface area (Å²) >= 11 is 0.